The molecule has 0 bridgehead atoms. The number of rotatable bonds is 4. The SMILES string of the molecule is CC1(O)CCN(C(=O)N[C@H](CCO)C(=O)O)C1. The molecule has 0 aromatic heterocycles. The van der Waals surface area contributed by atoms with Gasteiger partial charge in [0.2, 0.25) is 0 Å². The predicted molar refractivity (Wildman–Crippen MR) is 58.5 cm³/mol. The van der Waals surface area contributed by atoms with Gasteiger partial charge in [0.1, 0.15) is 6.04 Å². The molecular weight excluding hydrogens is 228 g/mol. The smallest absolute Gasteiger partial charge is 0.326 e. The van der Waals surface area contributed by atoms with Crippen molar-refractivity contribution in [2.24, 2.45) is 0 Å². The van der Waals surface area contributed by atoms with Crippen molar-refractivity contribution >= 4 is 12.0 Å². The Kier molecular flexibility index (Phi) is 4.30. The number of carbonyl (C=O) groups excluding carboxylic acids is 1. The van der Waals surface area contributed by atoms with Gasteiger partial charge in [-0.3, -0.25) is 0 Å². The molecule has 1 heterocycles. The van der Waals surface area contributed by atoms with E-state index < -0.39 is 23.6 Å². The van der Waals surface area contributed by atoms with E-state index in [0.717, 1.165) is 0 Å². The molecule has 1 unspecified atom stereocenters. The summed E-state index contributed by atoms with van der Waals surface area (Å²) in [5.41, 5.74) is -0.910. The van der Waals surface area contributed by atoms with E-state index in [9.17, 15) is 14.7 Å². The molecule has 7 nitrogen and oxygen atoms in total. The Hall–Kier alpha value is -1.34. The van der Waals surface area contributed by atoms with Crippen LogP contribution in [0.5, 0.6) is 0 Å². The molecule has 0 spiro atoms. The Morgan fingerprint density at radius 2 is 2.18 bits per heavy atom. The van der Waals surface area contributed by atoms with Crippen LogP contribution in [0.2, 0.25) is 0 Å². The molecule has 1 fully saturated rings. The Morgan fingerprint density at radius 3 is 2.59 bits per heavy atom. The quantitative estimate of drug-likeness (QED) is 0.508. The lowest BCUT2D eigenvalue weighted by Crippen LogP contribution is -2.48. The van der Waals surface area contributed by atoms with Crippen LogP contribution in [-0.4, -0.2) is 63.6 Å². The highest BCUT2D eigenvalue weighted by molar-refractivity contribution is 5.82. The number of hydrogen-bond acceptors (Lipinski definition) is 4. The Balaban J connectivity index is 2.51. The van der Waals surface area contributed by atoms with E-state index in [4.69, 9.17) is 10.2 Å². The molecule has 1 aliphatic heterocycles. The summed E-state index contributed by atoms with van der Waals surface area (Å²) in [4.78, 5) is 23.8. The molecule has 1 saturated heterocycles. The topological polar surface area (TPSA) is 110 Å². The van der Waals surface area contributed by atoms with Crippen LogP contribution >= 0.6 is 0 Å². The number of nitrogens with zero attached hydrogens (tertiary/aromatic N) is 1. The molecule has 7 heteroatoms. The normalized spacial score (nSPS) is 25.7. The van der Waals surface area contributed by atoms with Gasteiger partial charge in [0.05, 0.1) is 12.1 Å². The lowest BCUT2D eigenvalue weighted by atomic mass is 10.1. The second-order valence-electron chi connectivity index (χ2n) is 4.52. The van der Waals surface area contributed by atoms with Gasteiger partial charge in [0, 0.05) is 19.6 Å². The summed E-state index contributed by atoms with van der Waals surface area (Å²) in [7, 11) is 0. The average molecular weight is 246 g/mol. The van der Waals surface area contributed by atoms with Gasteiger partial charge in [0.25, 0.3) is 0 Å². The average Bonchev–Trinajstić information content (AvgIpc) is 2.58. The molecular formula is C10H18N2O5. The standard InChI is InChI=1S/C10H18N2O5/c1-10(17)3-4-12(6-10)9(16)11-7(2-5-13)8(14)15/h7,13,17H,2-6H2,1H3,(H,11,16)(H,14,15)/t7-,10?/m1/s1. The molecule has 0 aromatic rings. The van der Waals surface area contributed by atoms with Gasteiger partial charge in [-0.25, -0.2) is 9.59 Å². The Bertz CT molecular complexity index is 305. The molecule has 0 aliphatic carbocycles. The monoisotopic (exact) mass is 246 g/mol. The summed E-state index contributed by atoms with van der Waals surface area (Å²) in [5.74, 6) is -1.18. The number of likely N-dealkylation sites (tertiary alicyclic amines) is 1. The lowest BCUT2D eigenvalue weighted by molar-refractivity contribution is -0.139. The third kappa shape index (κ3) is 3.86. The van der Waals surface area contributed by atoms with E-state index in [-0.39, 0.29) is 19.6 Å². The van der Waals surface area contributed by atoms with E-state index in [1.165, 1.54) is 4.90 Å². The first-order valence-corrected chi connectivity index (χ1v) is 5.47. The van der Waals surface area contributed by atoms with E-state index in [1.807, 2.05) is 0 Å². The zero-order chi connectivity index (χ0) is 13.1. The fourth-order valence-corrected chi connectivity index (χ4v) is 1.75. The minimum atomic E-state index is -1.18. The van der Waals surface area contributed by atoms with Crippen LogP contribution in [0.15, 0.2) is 0 Å². The number of urea groups is 1. The summed E-state index contributed by atoms with van der Waals surface area (Å²) >= 11 is 0. The first-order valence-electron chi connectivity index (χ1n) is 5.47. The van der Waals surface area contributed by atoms with Crippen LogP contribution in [0.3, 0.4) is 0 Å². The number of carboxylic acid groups (broad SMARTS) is 1. The fraction of sp³-hybridized carbons (Fsp3) is 0.800. The van der Waals surface area contributed by atoms with Crippen LogP contribution in [0, 0.1) is 0 Å². The highest BCUT2D eigenvalue weighted by Gasteiger charge is 2.35. The van der Waals surface area contributed by atoms with Gasteiger partial charge in [-0.1, -0.05) is 0 Å². The number of hydrogen-bond donors (Lipinski definition) is 4. The number of carboxylic acids is 1. The minimum absolute atomic E-state index is 0.0364. The molecule has 1 aliphatic rings. The van der Waals surface area contributed by atoms with Crippen molar-refractivity contribution in [1.82, 2.24) is 10.2 Å². The molecule has 1 rings (SSSR count). The van der Waals surface area contributed by atoms with Crippen LogP contribution < -0.4 is 5.32 Å². The molecule has 4 N–H and O–H groups in total. The molecule has 0 aromatic carbocycles. The van der Waals surface area contributed by atoms with Gasteiger partial charge >= 0.3 is 12.0 Å². The van der Waals surface area contributed by atoms with E-state index in [0.29, 0.717) is 13.0 Å². The minimum Gasteiger partial charge on any atom is -0.480 e. The van der Waals surface area contributed by atoms with E-state index >= 15 is 0 Å². The number of carbonyl (C=O) groups is 2. The molecule has 17 heavy (non-hydrogen) atoms. The molecule has 0 radical (unpaired) electrons. The largest absolute Gasteiger partial charge is 0.480 e. The van der Waals surface area contributed by atoms with E-state index in [2.05, 4.69) is 5.32 Å². The summed E-state index contributed by atoms with van der Waals surface area (Å²) < 4.78 is 0. The van der Waals surface area contributed by atoms with Crippen molar-refractivity contribution in [3.63, 3.8) is 0 Å². The second kappa shape index (κ2) is 5.33. The zero-order valence-corrected chi connectivity index (χ0v) is 9.72. The summed E-state index contributed by atoms with van der Waals surface area (Å²) in [6.07, 6.45) is 0.434. The van der Waals surface area contributed by atoms with Gasteiger partial charge in [-0.05, 0) is 13.3 Å². The van der Waals surface area contributed by atoms with Crippen molar-refractivity contribution in [2.75, 3.05) is 19.7 Å². The second-order valence-corrected chi connectivity index (χ2v) is 4.52. The molecule has 0 saturated carbocycles. The number of β-amino-alcohol motifs (C(OH)–C–C–N with tert-alkyl or cyclic N) is 1. The number of aliphatic hydroxyl groups excluding tert-OH is 1. The van der Waals surface area contributed by atoms with Crippen LogP contribution in [0.4, 0.5) is 4.79 Å². The highest BCUT2D eigenvalue weighted by Crippen LogP contribution is 2.20. The van der Waals surface area contributed by atoms with Crippen molar-refractivity contribution in [1.29, 1.82) is 0 Å². The van der Waals surface area contributed by atoms with Gasteiger partial charge < -0.3 is 25.5 Å². The van der Waals surface area contributed by atoms with Crippen LogP contribution in [-0.2, 0) is 4.79 Å². The maximum atomic E-state index is 11.7. The Morgan fingerprint density at radius 1 is 1.53 bits per heavy atom. The Labute approximate surface area is 99.0 Å². The summed E-state index contributed by atoms with van der Waals surface area (Å²) in [5, 5.41) is 29.5. The van der Waals surface area contributed by atoms with Crippen LogP contribution in [0.1, 0.15) is 19.8 Å². The van der Waals surface area contributed by atoms with Crippen molar-refractivity contribution in [3.05, 3.63) is 0 Å². The maximum absolute atomic E-state index is 11.7. The van der Waals surface area contributed by atoms with Gasteiger partial charge in [-0.15, -0.1) is 0 Å². The third-order valence-corrected chi connectivity index (χ3v) is 2.75. The van der Waals surface area contributed by atoms with Gasteiger partial charge in [0.15, 0.2) is 0 Å². The van der Waals surface area contributed by atoms with Crippen molar-refractivity contribution < 1.29 is 24.9 Å². The van der Waals surface area contributed by atoms with Crippen molar-refractivity contribution in [3.8, 4) is 0 Å². The van der Waals surface area contributed by atoms with E-state index in [1.54, 1.807) is 6.92 Å². The number of aliphatic hydroxyl groups is 2. The fourth-order valence-electron chi connectivity index (χ4n) is 1.75. The number of nitrogens with one attached hydrogen (secondary N) is 1. The van der Waals surface area contributed by atoms with Crippen LogP contribution in [0.25, 0.3) is 0 Å². The van der Waals surface area contributed by atoms with Crippen molar-refractivity contribution in [2.45, 2.75) is 31.4 Å². The summed E-state index contributed by atoms with van der Waals surface area (Å²) in [6, 6.07) is -1.62. The third-order valence-electron chi connectivity index (χ3n) is 2.75. The predicted octanol–water partition coefficient (Wildman–Crippen LogP) is -1.01. The molecule has 2 amide bonds. The van der Waals surface area contributed by atoms with Gasteiger partial charge in [-0.2, -0.15) is 0 Å². The molecule has 98 valence electrons. The number of amides is 2. The first-order chi connectivity index (χ1) is 7.85. The lowest BCUT2D eigenvalue weighted by Gasteiger charge is -2.21. The molecule has 2 atom stereocenters. The number of aliphatic carboxylic acids is 1. The first kappa shape index (κ1) is 13.7. The summed E-state index contributed by atoms with van der Waals surface area (Å²) in [6.45, 7) is 1.90. The highest BCUT2D eigenvalue weighted by atomic mass is 16.4. The maximum Gasteiger partial charge on any atom is 0.326 e. The zero-order valence-electron chi connectivity index (χ0n) is 9.72.